The zero-order valence-corrected chi connectivity index (χ0v) is 12.6. The van der Waals surface area contributed by atoms with Gasteiger partial charge in [0.15, 0.2) is 0 Å². The average molecular weight is 301 g/mol. The molecule has 1 aromatic carbocycles. The minimum Gasteiger partial charge on any atom is -0.342 e. The van der Waals surface area contributed by atoms with Crippen LogP contribution in [0.4, 0.5) is 0 Å². The van der Waals surface area contributed by atoms with Gasteiger partial charge in [-0.05, 0) is 30.9 Å². The fourth-order valence-electron chi connectivity index (χ4n) is 2.26. The smallest absolute Gasteiger partial charge is 0.226 e. The second-order valence-electron chi connectivity index (χ2n) is 5.13. The number of halogens is 2. The maximum absolute atomic E-state index is 12.3. The first kappa shape index (κ1) is 14.6. The van der Waals surface area contributed by atoms with Crippen molar-refractivity contribution in [3.8, 4) is 0 Å². The summed E-state index contributed by atoms with van der Waals surface area (Å²) in [6.07, 6.45) is 0.834. The molecule has 1 saturated carbocycles. The predicted octanol–water partition coefficient (Wildman–Crippen LogP) is 2.90. The third-order valence-electron chi connectivity index (χ3n) is 3.84. The lowest BCUT2D eigenvalue weighted by atomic mass is 10.1. The van der Waals surface area contributed by atoms with E-state index in [1.165, 1.54) is 0 Å². The molecular formula is C14H18Cl2N2O. The highest BCUT2D eigenvalue weighted by molar-refractivity contribution is 6.42. The Morgan fingerprint density at radius 1 is 1.53 bits per heavy atom. The van der Waals surface area contributed by atoms with Crippen molar-refractivity contribution < 1.29 is 4.79 Å². The molecule has 1 aliphatic rings. The van der Waals surface area contributed by atoms with Crippen LogP contribution in [-0.4, -0.2) is 30.4 Å². The average Bonchev–Trinajstić information content (AvgIpc) is 3.19. The van der Waals surface area contributed by atoms with Gasteiger partial charge in [0, 0.05) is 25.6 Å². The normalized spacial score (nSPS) is 23.0. The molecule has 19 heavy (non-hydrogen) atoms. The van der Waals surface area contributed by atoms with E-state index in [0.717, 1.165) is 12.0 Å². The Hall–Kier alpha value is -0.770. The summed E-state index contributed by atoms with van der Waals surface area (Å²) in [7, 11) is 1.80. The Morgan fingerprint density at radius 3 is 2.84 bits per heavy atom. The van der Waals surface area contributed by atoms with E-state index in [0.29, 0.717) is 16.6 Å². The van der Waals surface area contributed by atoms with Crippen LogP contribution in [-0.2, 0) is 4.79 Å². The first-order valence-corrected chi connectivity index (χ1v) is 7.13. The Balaban J connectivity index is 2.09. The fourth-order valence-corrected chi connectivity index (χ4v) is 2.70. The van der Waals surface area contributed by atoms with Gasteiger partial charge in [0.25, 0.3) is 0 Å². The van der Waals surface area contributed by atoms with Crippen LogP contribution in [0.1, 0.15) is 24.8 Å². The van der Waals surface area contributed by atoms with E-state index in [4.69, 9.17) is 28.9 Å². The molecule has 104 valence electrons. The van der Waals surface area contributed by atoms with Gasteiger partial charge < -0.3 is 10.6 Å². The molecule has 1 aromatic rings. The van der Waals surface area contributed by atoms with Crippen molar-refractivity contribution in [2.45, 2.75) is 25.3 Å². The lowest BCUT2D eigenvalue weighted by Crippen LogP contribution is -2.40. The molecule has 0 saturated heterocycles. The van der Waals surface area contributed by atoms with Crippen molar-refractivity contribution in [1.29, 1.82) is 0 Å². The molecule has 3 unspecified atom stereocenters. The van der Waals surface area contributed by atoms with Crippen LogP contribution < -0.4 is 5.73 Å². The highest BCUT2D eigenvalue weighted by Crippen LogP contribution is 2.51. The number of likely N-dealkylation sites (N-methyl/N-ethyl adjacent to an activating group) is 1. The number of amides is 1. The van der Waals surface area contributed by atoms with Gasteiger partial charge in [0.2, 0.25) is 5.91 Å². The maximum Gasteiger partial charge on any atom is 0.226 e. The van der Waals surface area contributed by atoms with Gasteiger partial charge in [-0.1, -0.05) is 35.3 Å². The van der Waals surface area contributed by atoms with E-state index in [2.05, 4.69) is 0 Å². The van der Waals surface area contributed by atoms with Gasteiger partial charge >= 0.3 is 0 Å². The van der Waals surface area contributed by atoms with Gasteiger partial charge in [0.05, 0.1) is 10.0 Å². The van der Waals surface area contributed by atoms with Gasteiger partial charge in [-0.15, -0.1) is 0 Å². The van der Waals surface area contributed by atoms with Crippen LogP contribution in [0.2, 0.25) is 10.0 Å². The van der Waals surface area contributed by atoms with E-state index in [9.17, 15) is 4.79 Å². The van der Waals surface area contributed by atoms with Crippen LogP contribution in [0.3, 0.4) is 0 Å². The van der Waals surface area contributed by atoms with Gasteiger partial charge in [0.1, 0.15) is 0 Å². The molecule has 1 amide bonds. The van der Waals surface area contributed by atoms with Crippen LogP contribution in [0.25, 0.3) is 0 Å². The Kier molecular flexibility index (Phi) is 4.39. The van der Waals surface area contributed by atoms with E-state index >= 15 is 0 Å². The molecule has 0 heterocycles. The minimum atomic E-state index is 0.00923. The lowest BCUT2D eigenvalue weighted by Gasteiger charge is -2.23. The van der Waals surface area contributed by atoms with Crippen LogP contribution >= 0.6 is 23.2 Å². The summed E-state index contributed by atoms with van der Waals surface area (Å²) in [5.41, 5.74) is 6.56. The molecule has 0 aromatic heterocycles. The molecule has 1 fully saturated rings. The SMILES string of the molecule is CC(CN)N(C)C(=O)C1CC1c1cccc(Cl)c1Cl. The van der Waals surface area contributed by atoms with Crippen molar-refractivity contribution in [2.75, 3.05) is 13.6 Å². The first-order valence-electron chi connectivity index (χ1n) is 6.38. The second-order valence-corrected chi connectivity index (χ2v) is 5.91. The van der Waals surface area contributed by atoms with Crippen LogP contribution in [0.5, 0.6) is 0 Å². The molecule has 0 spiro atoms. The molecule has 0 aliphatic heterocycles. The van der Waals surface area contributed by atoms with Crippen molar-refractivity contribution >= 4 is 29.1 Å². The zero-order valence-electron chi connectivity index (χ0n) is 11.1. The van der Waals surface area contributed by atoms with Crippen LogP contribution in [0.15, 0.2) is 18.2 Å². The third kappa shape index (κ3) is 2.88. The Labute approximate surface area is 123 Å². The van der Waals surface area contributed by atoms with Crippen molar-refractivity contribution in [2.24, 2.45) is 11.7 Å². The summed E-state index contributed by atoms with van der Waals surface area (Å²) >= 11 is 12.2. The number of nitrogens with two attached hydrogens (primary N) is 1. The number of benzene rings is 1. The molecular weight excluding hydrogens is 283 g/mol. The highest BCUT2D eigenvalue weighted by Gasteiger charge is 2.46. The van der Waals surface area contributed by atoms with E-state index in [1.54, 1.807) is 18.0 Å². The summed E-state index contributed by atoms with van der Waals surface area (Å²) in [6, 6.07) is 5.63. The van der Waals surface area contributed by atoms with Crippen molar-refractivity contribution in [3.05, 3.63) is 33.8 Å². The molecule has 3 nitrogen and oxygen atoms in total. The maximum atomic E-state index is 12.3. The number of nitrogens with zero attached hydrogens (tertiary/aromatic N) is 1. The monoisotopic (exact) mass is 300 g/mol. The quantitative estimate of drug-likeness (QED) is 0.929. The summed E-state index contributed by atoms with van der Waals surface area (Å²) in [6.45, 7) is 2.42. The largest absolute Gasteiger partial charge is 0.342 e. The molecule has 2 rings (SSSR count). The van der Waals surface area contributed by atoms with E-state index in [-0.39, 0.29) is 23.8 Å². The molecule has 1 aliphatic carbocycles. The standard InChI is InChI=1S/C14H18Cl2N2O/c1-8(7-17)18(2)14(19)11-6-10(11)9-4-3-5-12(15)13(9)16/h3-5,8,10-11H,6-7,17H2,1-2H3. The number of hydrogen-bond acceptors (Lipinski definition) is 2. The number of hydrogen-bond donors (Lipinski definition) is 1. The predicted molar refractivity (Wildman–Crippen MR) is 78.6 cm³/mol. The fraction of sp³-hybridized carbons (Fsp3) is 0.500. The summed E-state index contributed by atoms with van der Waals surface area (Å²) in [5, 5.41) is 1.11. The van der Waals surface area contributed by atoms with Crippen LogP contribution in [0, 0.1) is 5.92 Å². The second kappa shape index (κ2) is 5.70. The molecule has 2 N–H and O–H groups in total. The molecule has 0 bridgehead atoms. The molecule has 3 atom stereocenters. The molecule has 0 radical (unpaired) electrons. The summed E-state index contributed by atoms with van der Waals surface area (Å²) in [5.74, 6) is 0.333. The Bertz CT molecular complexity index is 492. The highest BCUT2D eigenvalue weighted by atomic mass is 35.5. The van der Waals surface area contributed by atoms with E-state index in [1.807, 2.05) is 19.1 Å². The number of carbonyl (C=O) groups is 1. The lowest BCUT2D eigenvalue weighted by molar-refractivity contribution is -0.133. The summed E-state index contributed by atoms with van der Waals surface area (Å²) in [4.78, 5) is 14.0. The molecule has 5 heteroatoms. The van der Waals surface area contributed by atoms with E-state index < -0.39 is 0 Å². The number of carbonyl (C=O) groups excluding carboxylic acids is 1. The Morgan fingerprint density at radius 2 is 2.21 bits per heavy atom. The minimum absolute atomic E-state index is 0.00923. The van der Waals surface area contributed by atoms with Crippen molar-refractivity contribution in [1.82, 2.24) is 4.90 Å². The number of rotatable bonds is 4. The zero-order chi connectivity index (χ0) is 14.2. The van der Waals surface area contributed by atoms with Gasteiger partial charge in [-0.2, -0.15) is 0 Å². The topological polar surface area (TPSA) is 46.3 Å². The van der Waals surface area contributed by atoms with Crippen molar-refractivity contribution in [3.63, 3.8) is 0 Å². The van der Waals surface area contributed by atoms with Gasteiger partial charge in [-0.3, -0.25) is 4.79 Å². The van der Waals surface area contributed by atoms with Gasteiger partial charge in [-0.25, -0.2) is 0 Å². The first-order chi connectivity index (χ1) is 8.97. The summed E-state index contributed by atoms with van der Waals surface area (Å²) < 4.78 is 0. The third-order valence-corrected chi connectivity index (χ3v) is 4.67.